The van der Waals surface area contributed by atoms with E-state index in [4.69, 9.17) is 9.52 Å². The molecule has 0 radical (unpaired) electrons. The van der Waals surface area contributed by atoms with Crippen molar-refractivity contribution in [3.05, 3.63) is 81.0 Å². The van der Waals surface area contributed by atoms with Gasteiger partial charge >= 0.3 is 5.97 Å². The number of rotatable bonds is 2. The number of carboxylic acids is 1. The standard InChI is InChI=1S/C21H15FO4/c22-15-7-4-12(5-8-15)10-13-2-1-3-16-19(23)17-11-14(21(24)25)6-9-18(17)26-20(13)16/h4-11H,1-3H2,(H,24,25)/b13-10-. The molecule has 5 heteroatoms. The summed E-state index contributed by atoms with van der Waals surface area (Å²) in [5.74, 6) is -0.843. The summed E-state index contributed by atoms with van der Waals surface area (Å²) in [5, 5.41) is 9.41. The van der Waals surface area contributed by atoms with Gasteiger partial charge in [-0.2, -0.15) is 0 Å². The number of benzene rings is 2. The van der Waals surface area contributed by atoms with E-state index in [-0.39, 0.29) is 22.2 Å². The van der Waals surface area contributed by atoms with Gasteiger partial charge in [0, 0.05) is 5.56 Å². The van der Waals surface area contributed by atoms with Crippen LogP contribution in [0.4, 0.5) is 4.39 Å². The van der Waals surface area contributed by atoms with Crippen molar-refractivity contribution < 1.29 is 18.7 Å². The van der Waals surface area contributed by atoms with Crippen LogP contribution in [0.1, 0.15) is 40.1 Å². The molecule has 1 aliphatic rings. The topological polar surface area (TPSA) is 67.5 Å². The number of allylic oxidation sites excluding steroid dienone is 1. The Bertz CT molecular complexity index is 1110. The van der Waals surface area contributed by atoms with Crippen LogP contribution in [0.15, 0.2) is 51.7 Å². The second kappa shape index (κ2) is 6.26. The Morgan fingerprint density at radius 3 is 2.62 bits per heavy atom. The van der Waals surface area contributed by atoms with Gasteiger partial charge < -0.3 is 9.52 Å². The van der Waals surface area contributed by atoms with E-state index < -0.39 is 5.97 Å². The fourth-order valence-electron chi connectivity index (χ4n) is 3.32. The summed E-state index contributed by atoms with van der Waals surface area (Å²) in [7, 11) is 0. The minimum Gasteiger partial charge on any atom is -0.478 e. The van der Waals surface area contributed by atoms with Crippen LogP contribution in [0.3, 0.4) is 0 Å². The van der Waals surface area contributed by atoms with E-state index in [2.05, 4.69) is 0 Å². The molecule has 0 unspecified atom stereocenters. The molecular weight excluding hydrogens is 335 g/mol. The van der Waals surface area contributed by atoms with Gasteiger partial charge in [0.25, 0.3) is 0 Å². The molecule has 0 atom stereocenters. The molecule has 2 aromatic carbocycles. The molecule has 0 spiro atoms. The molecule has 0 aliphatic heterocycles. The average molecular weight is 350 g/mol. The summed E-state index contributed by atoms with van der Waals surface area (Å²) in [5.41, 5.74) is 2.53. The lowest BCUT2D eigenvalue weighted by Gasteiger charge is -2.18. The monoisotopic (exact) mass is 350 g/mol. The molecule has 1 aromatic heterocycles. The second-order valence-electron chi connectivity index (χ2n) is 6.33. The number of carboxylic acid groups (broad SMARTS) is 1. The van der Waals surface area contributed by atoms with Crippen molar-refractivity contribution in [2.24, 2.45) is 0 Å². The maximum atomic E-state index is 13.1. The van der Waals surface area contributed by atoms with Crippen LogP contribution < -0.4 is 5.43 Å². The average Bonchev–Trinajstić information content (AvgIpc) is 2.64. The Hall–Kier alpha value is -3.21. The smallest absolute Gasteiger partial charge is 0.335 e. The van der Waals surface area contributed by atoms with Gasteiger partial charge in [0.2, 0.25) is 0 Å². The first-order chi connectivity index (χ1) is 12.5. The maximum absolute atomic E-state index is 13.1. The number of aromatic carboxylic acids is 1. The van der Waals surface area contributed by atoms with Crippen LogP contribution in [0.2, 0.25) is 0 Å². The van der Waals surface area contributed by atoms with Crippen molar-refractivity contribution in [2.75, 3.05) is 0 Å². The number of carbonyl (C=O) groups is 1. The molecule has 0 fully saturated rings. The Balaban J connectivity index is 1.89. The van der Waals surface area contributed by atoms with Crippen LogP contribution in [-0.4, -0.2) is 11.1 Å². The summed E-state index contributed by atoms with van der Waals surface area (Å²) >= 11 is 0. The first-order valence-electron chi connectivity index (χ1n) is 8.32. The SMILES string of the molecule is O=C(O)c1ccc2oc3c(c(=O)c2c1)CCC/C3=C/c1ccc(F)cc1. The van der Waals surface area contributed by atoms with Crippen LogP contribution in [-0.2, 0) is 6.42 Å². The quantitative estimate of drug-likeness (QED) is 0.738. The predicted molar refractivity (Wildman–Crippen MR) is 96.7 cm³/mol. The molecule has 0 saturated heterocycles. The zero-order chi connectivity index (χ0) is 18.3. The summed E-state index contributed by atoms with van der Waals surface area (Å²) in [4.78, 5) is 24.0. The summed E-state index contributed by atoms with van der Waals surface area (Å²) in [6.45, 7) is 0. The van der Waals surface area contributed by atoms with Crippen LogP contribution in [0.25, 0.3) is 22.6 Å². The largest absolute Gasteiger partial charge is 0.478 e. The third-order valence-electron chi connectivity index (χ3n) is 4.61. The summed E-state index contributed by atoms with van der Waals surface area (Å²) in [6.07, 6.45) is 4.05. The fraction of sp³-hybridized carbons (Fsp3) is 0.143. The van der Waals surface area contributed by atoms with Gasteiger partial charge in [0.1, 0.15) is 17.2 Å². The molecule has 0 saturated carbocycles. The van der Waals surface area contributed by atoms with E-state index in [1.165, 1.54) is 30.3 Å². The zero-order valence-corrected chi connectivity index (χ0v) is 13.8. The molecule has 0 bridgehead atoms. The van der Waals surface area contributed by atoms with E-state index in [1.54, 1.807) is 12.1 Å². The molecule has 1 aliphatic carbocycles. The Kier molecular flexibility index (Phi) is 3.92. The summed E-state index contributed by atoms with van der Waals surface area (Å²) in [6, 6.07) is 10.4. The number of hydrogen-bond donors (Lipinski definition) is 1. The minimum absolute atomic E-state index is 0.0580. The van der Waals surface area contributed by atoms with E-state index in [9.17, 15) is 14.0 Å². The van der Waals surface area contributed by atoms with Gasteiger partial charge in [-0.3, -0.25) is 4.79 Å². The first-order valence-corrected chi connectivity index (χ1v) is 8.32. The highest BCUT2D eigenvalue weighted by Gasteiger charge is 2.22. The van der Waals surface area contributed by atoms with E-state index in [0.29, 0.717) is 23.3 Å². The van der Waals surface area contributed by atoms with Crippen molar-refractivity contribution in [3.8, 4) is 0 Å². The molecule has 4 nitrogen and oxygen atoms in total. The lowest BCUT2D eigenvalue weighted by molar-refractivity contribution is 0.0697. The van der Waals surface area contributed by atoms with Crippen molar-refractivity contribution in [1.82, 2.24) is 0 Å². The van der Waals surface area contributed by atoms with Gasteiger partial charge in [-0.25, -0.2) is 9.18 Å². The Morgan fingerprint density at radius 2 is 1.88 bits per heavy atom. The fourth-order valence-corrected chi connectivity index (χ4v) is 3.32. The van der Waals surface area contributed by atoms with Gasteiger partial charge in [-0.05, 0) is 66.8 Å². The van der Waals surface area contributed by atoms with E-state index in [0.717, 1.165) is 24.0 Å². The number of hydrogen-bond acceptors (Lipinski definition) is 3. The molecule has 130 valence electrons. The number of fused-ring (bicyclic) bond motifs is 2. The van der Waals surface area contributed by atoms with Crippen LogP contribution in [0.5, 0.6) is 0 Å². The summed E-state index contributed by atoms with van der Waals surface area (Å²) < 4.78 is 19.1. The first kappa shape index (κ1) is 16.3. The van der Waals surface area contributed by atoms with Crippen molar-refractivity contribution in [1.29, 1.82) is 0 Å². The van der Waals surface area contributed by atoms with E-state index >= 15 is 0 Å². The minimum atomic E-state index is -1.08. The van der Waals surface area contributed by atoms with Crippen molar-refractivity contribution >= 4 is 28.6 Å². The molecule has 26 heavy (non-hydrogen) atoms. The third-order valence-corrected chi connectivity index (χ3v) is 4.61. The van der Waals surface area contributed by atoms with Gasteiger partial charge in [-0.15, -0.1) is 0 Å². The highest BCUT2D eigenvalue weighted by molar-refractivity contribution is 5.93. The molecular formula is C21H15FO4. The molecule has 3 aromatic rings. The highest BCUT2D eigenvalue weighted by Crippen LogP contribution is 2.33. The normalized spacial score (nSPS) is 15.2. The van der Waals surface area contributed by atoms with Gasteiger partial charge in [0.05, 0.1) is 10.9 Å². The van der Waals surface area contributed by atoms with Crippen molar-refractivity contribution in [2.45, 2.75) is 19.3 Å². The molecule has 0 amide bonds. The highest BCUT2D eigenvalue weighted by atomic mass is 19.1. The molecule has 1 N–H and O–H groups in total. The Morgan fingerprint density at radius 1 is 1.12 bits per heavy atom. The van der Waals surface area contributed by atoms with E-state index in [1.807, 2.05) is 6.08 Å². The lowest BCUT2D eigenvalue weighted by Crippen LogP contribution is -2.16. The Labute approximate surface area is 148 Å². The van der Waals surface area contributed by atoms with Crippen LogP contribution >= 0.6 is 0 Å². The third kappa shape index (κ3) is 2.81. The second-order valence-corrected chi connectivity index (χ2v) is 6.33. The maximum Gasteiger partial charge on any atom is 0.335 e. The number of halogens is 1. The predicted octanol–water partition coefficient (Wildman–Crippen LogP) is 4.51. The molecule has 1 heterocycles. The zero-order valence-electron chi connectivity index (χ0n) is 13.8. The lowest BCUT2D eigenvalue weighted by atomic mass is 9.90. The molecule has 4 rings (SSSR count). The van der Waals surface area contributed by atoms with Gasteiger partial charge in [0.15, 0.2) is 5.43 Å². The van der Waals surface area contributed by atoms with Crippen molar-refractivity contribution in [3.63, 3.8) is 0 Å². The van der Waals surface area contributed by atoms with Crippen LogP contribution in [0, 0.1) is 5.82 Å². The van der Waals surface area contributed by atoms with Gasteiger partial charge in [-0.1, -0.05) is 12.1 Å².